The third-order valence-electron chi connectivity index (χ3n) is 4.60. The molecule has 0 fully saturated rings. The van der Waals surface area contributed by atoms with Gasteiger partial charge in [0.25, 0.3) is 0 Å². The second-order valence-electron chi connectivity index (χ2n) is 6.83. The molecule has 14 heteroatoms. The maximum Gasteiger partial charge on any atom is 0.490 e. The summed E-state index contributed by atoms with van der Waals surface area (Å²) in [6, 6.07) is 12.1. The van der Waals surface area contributed by atoms with E-state index in [4.69, 9.17) is 26.1 Å². The molecular weight excluding hydrogens is 486 g/mol. The summed E-state index contributed by atoms with van der Waals surface area (Å²) in [5, 5.41) is 24.4. The van der Waals surface area contributed by atoms with Crippen LogP contribution >= 0.6 is 11.6 Å². The number of carboxylic acid groups (broad SMARTS) is 1. The van der Waals surface area contributed by atoms with Gasteiger partial charge >= 0.3 is 12.1 Å². The van der Waals surface area contributed by atoms with Crippen LogP contribution in [0.25, 0.3) is 0 Å². The first-order valence-electron chi connectivity index (χ1n) is 9.48. The number of para-hydroxylation sites is 1. The maximum atomic E-state index is 13.3. The first-order valence-corrected chi connectivity index (χ1v) is 9.86. The van der Waals surface area contributed by atoms with Crippen LogP contribution in [0.15, 0.2) is 52.1 Å². The molecule has 0 saturated carbocycles. The van der Waals surface area contributed by atoms with Gasteiger partial charge in [-0.1, -0.05) is 35.0 Å². The molecule has 0 saturated heterocycles. The molecule has 9 nitrogen and oxygen atoms in total. The lowest BCUT2D eigenvalue weighted by Crippen LogP contribution is -2.25. The maximum absolute atomic E-state index is 13.3. The fourth-order valence-electron chi connectivity index (χ4n) is 3.06. The summed E-state index contributed by atoms with van der Waals surface area (Å²) in [6.45, 7) is 1.29. The van der Waals surface area contributed by atoms with Gasteiger partial charge in [0.15, 0.2) is 11.5 Å². The number of halogens is 5. The summed E-state index contributed by atoms with van der Waals surface area (Å²) >= 11 is 5.78. The Morgan fingerprint density at radius 1 is 1.24 bits per heavy atom. The van der Waals surface area contributed by atoms with Gasteiger partial charge in [-0.25, -0.2) is 18.8 Å². The molecule has 2 heterocycles. The number of carboxylic acids is 1. The lowest BCUT2D eigenvalue weighted by Gasteiger charge is -2.18. The van der Waals surface area contributed by atoms with Crippen LogP contribution in [0.3, 0.4) is 0 Å². The molecule has 0 unspecified atom stereocenters. The zero-order valence-corrected chi connectivity index (χ0v) is 17.8. The van der Waals surface area contributed by atoms with Gasteiger partial charge in [0.05, 0.1) is 17.3 Å². The quantitative estimate of drug-likeness (QED) is 0.211. The van der Waals surface area contributed by atoms with Gasteiger partial charge < -0.3 is 10.0 Å². The topological polar surface area (TPSA) is 124 Å². The van der Waals surface area contributed by atoms with Crippen molar-refractivity contribution in [2.75, 3.05) is 11.4 Å². The monoisotopic (exact) mass is 501 g/mol. The number of anilines is 1. The predicted octanol–water partition coefficient (Wildman–Crippen LogP) is 4.12. The molecule has 0 bridgehead atoms. The molecule has 34 heavy (non-hydrogen) atoms. The number of benzene rings is 2. The fourth-order valence-corrected chi connectivity index (χ4v) is 3.23. The van der Waals surface area contributed by atoms with Gasteiger partial charge in [-0.05, 0) is 41.4 Å². The molecular formula is C20H16ClF4N5O4. The second-order valence-corrected chi connectivity index (χ2v) is 7.24. The molecule has 0 amide bonds. The average molecular weight is 502 g/mol. The van der Waals surface area contributed by atoms with Gasteiger partial charge in [0, 0.05) is 12.2 Å². The standard InChI is InChI=1S/C18H15ClFN5O2.C2HF3O2/c19-13-9-12(5-6-14(13)20)21-18(22-26)17-15(23-27-24-17)10-25-8-7-11-3-1-2-4-16(11)25;3-2(4,5)1(6)7/h1-6,9,26H,7-8,10H2,(H,21,22);(H,6,7). The molecule has 180 valence electrons. The van der Waals surface area contributed by atoms with Crippen molar-refractivity contribution in [3.63, 3.8) is 0 Å². The van der Waals surface area contributed by atoms with Crippen molar-refractivity contribution in [2.24, 2.45) is 4.99 Å². The average Bonchev–Trinajstić information content (AvgIpc) is 3.42. The van der Waals surface area contributed by atoms with E-state index in [1.807, 2.05) is 17.6 Å². The molecule has 0 radical (unpaired) electrons. The van der Waals surface area contributed by atoms with E-state index in [0.29, 0.717) is 17.9 Å². The number of aromatic nitrogens is 2. The minimum atomic E-state index is -5.08. The van der Waals surface area contributed by atoms with Crippen LogP contribution in [-0.4, -0.2) is 45.2 Å². The lowest BCUT2D eigenvalue weighted by atomic mass is 10.2. The number of amidine groups is 1. The van der Waals surface area contributed by atoms with Crippen LogP contribution in [0.2, 0.25) is 5.02 Å². The normalized spacial score (nSPS) is 13.2. The largest absolute Gasteiger partial charge is 0.490 e. The van der Waals surface area contributed by atoms with Gasteiger partial charge in [0.2, 0.25) is 0 Å². The summed E-state index contributed by atoms with van der Waals surface area (Å²) in [7, 11) is 0. The van der Waals surface area contributed by atoms with E-state index in [2.05, 4.69) is 32.3 Å². The van der Waals surface area contributed by atoms with E-state index >= 15 is 0 Å². The number of nitrogens with one attached hydrogen (secondary N) is 1. The molecule has 4 rings (SSSR count). The van der Waals surface area contributed by atoms with Crippen LogP contribution in [-0.2, 0) is 17.8 Å². The highest BCUT2D eigenvalue weighted by atomic mass is 35.5. The smallest absolute Gasteiger partial charge is 0.475 e. The third-order valence-corrected chi connectivity index (χ3v) is 4.89. The van der Waals surface area contributed by atoms with E-state index in [0.717, 1.165) is 18.7 Å². The number of hydrogen-bond donors (Lipinski definition) is 3. The third kappa shape index (κ3) is 5.99. The molecule has 1 aliphatic rings. The van der Waals surface area contributed by atoms with Crippen LogP contribution in [0.1, 0.15) is 17.0 Å². The molecule has 2 aromatic carbocycles. The summed E-state index contributed by atoms with van der Waals surface area (Å²) in [6.07, 6.45) is -4.13. The minimum Gasteiger partial charge on any atom is -0.475 e. The number of aliphatic imine (C=N–C) groups is 1. The molecule has 3 N–H and O–H groups in total. The van der Waals surface area contributed by atoms with Gasteiger partial charge in [-0.3, -0.25) is 10.7 Å². The molecule has 0 aliphatic carbocycles. The van der Waals surface area contributed by atoms with Gasteiger partial charge in [-0.2, -0.15) is 13.2 Å². The number of nitrogens with zero attached hydrogens (tertiary/aromatic N) is 4. The molecule has 3 aromatic rings. The highest BCUT2D eigenvalue weighted by Crippen LogP contribution is 2.29. The highest BCUT2D eigenvalue weighted by molar-refractivity contribution is 6.31. The molecule has 0 atom stereocenters. The lowest BCUT2D eigenvalue weighted by molar-refractivity contribution is -0.192. The Kier molecular flexibility index (Phi) is 7.68. The zero-order valence-electron chi connectivity index (χ0n) is 17.1. The van der Waals surface area contributed by atoms with Crippen molar-refractivity contribution >= 4 is 34.8 Å². The van der Waals surface area contributed by atoms with E-state index < -0.39 is 18.0 Å². The van der Waals surface area contributed by atoms with Crippen molar-refractivity contribution in [3.05, 3.63) is 70.3 Å². The van der Waals surface area contributed by atoms with Crippen molar-refractivity contribution in [1.29, 1.82) is 0 Å². The van der Waals surface area contributed by atoms with E-state index in [9.17, 15) is 22.8 Å². The first-order chi connectivity index (χ1) is 16.1. The van der Waals surface area contributed by atoms with Crippen molar-refractivity contribution in [3.8, 4) is 0 Å². The molecule has 1 aromatic heterocycles. The zero-order chi connectivity index (χ0) is 24.9. The number of hydroxylamine groups is 1. The number of carbonyl (C=O) groups is 1. The predicted molar refractivity (Wildman–Crippen MR) is 112 cm³/mol. The Bertz CT molecular complexity index is 1200. The van der Waals surface area contributed by atoms with E-state index in [-0.39, 0.29) is 16.6 Å². The first kappa shape index (κ1) is 24.9. The Labute approximate surface area is 194 Å². The number of rotatable bonds is 4. The van der Waals surface area contributed by atoms with Crippen LogP contribution < -0.4 is 10.4 Å². The summed E-state index contributed by atoms with van der Waals surface area (Å²) in [5.41, 5.74) is 5.53. The number of hydrogen-bond acceptors (Lipinski definition) is 7. The molecule has 0 spiro atoms. The summed E-state index contributed by atoms with van der Waals surface area (Å²) in [4.78, 5) is 15.3. The van der Waals surface area contributed by atoms with E-state index in [1.165, 1.54) is 23.8 Å². The summed E-state index contributed by atoms with van der Waals surface area (Å²) in [5.74, 6) is -3.28. The van der Waals surface area contributed by atoms with Crippen molar-refractivity contribution < 1.29 is 37.3 Å². The highest BCUT2D eigenvalue weighted by Gasteiger charge is 2.38. The SMILES string of the molecule is O=C(O)C(F)(F)F.ONC(=Nc1ccc(F)c(Cl)c1)c1nonc1CN1CCc2ccccc21. The van der Waals surface area contributed by atoms with Crippen LogP contribution in [0.5, 0.6) is 0 Å². The Morgan fingerprint density at radius 3 is 2.59 bits per heavy atom. The number of fused-ring (bicyclic) bond motifs is 1. The van der Waals surface area contributed by atoms with Crippen LogP contribution in [0, 0.1) is 5.82 Å². The Hall–Kier alpha value is -3.71. The van der Waals surface area contributed by atoms with Gasteiger partial charge in [-0.15, -0.1) is 0 Å². The number of aliphatic carboxylic acids is 1. The fraction of sp³-hybridized carbons (Fsp3) is 0.200. The minimum absolute atomic E-state index is 0.0291. The van der Waals surface area contributed by atoms with Crippen molar-refractivity contribution in [1.82, 2.24) is 15.8 Å². The van der Waals surface area contributed by atoms with Gasteiger partial charge in [0.1, 0.15) is 11.5 Å². The van der Waals surface area contributed by atoms with E-state index in [1.54, 1.807) is 0 Å². The van der Waals surface area contributed by atoms with Crippen LogP contribution in [0.4, 0.5) is 28.9 Å². The second kappa shape index (κ2) is 10.5. The Morgan fingerprint density at radius 2 is 1.94 bits per heavy atom. The Balaban J connectivity index is 0.000000406. The van der Waals surface area contributed by atoms with Crippen molar-refractivity contribution in [2.45, 2.75) is 19.1 Å². The summed E-state index contributed by atoms with van der Waals surface area (Å²) < 4.78 is 49.9. The number of alkyl halides is 3. The molecule has 1 aliphatic heterocycles.